The Bertz CT molecular complexity index is 698. The van der Waals surface area contributed by atoms with Crippen LogP contribution in [0.25, 0.3) is 0 Å². The Morgan fingerprint density at radius 1 is 1.19 bits per heavy atom. The Labute approximate surface area is 161 Å². The Morgan fingerprint density at radius 3 is 2.73 bits per heavy atom. The predicted molar refractivity (Wildman–Crippen MR) is 106 cm³/mol. The largest absolute Gasteiger partial charge is 0.445 e. The van der Waals surface area contributed by atoms with Gasteiger partial charge < -0.3 is 9.84 Å². The van der Waals surface area contributed by atoms with E-state index in [2.05, 4.69) is 10.3 Å². The normalized spacial score (nSPS) is 19.7. The van der Waals surface area contributed by atoms with Crippen molar-refractivity contribution >= 4 is 33.4 Å². The molecule has 1 aliphatic rings. The van der Waals surface area contributed by atoms with E-state index in [9.17, 15) is 4.79 Å². The molecule has 2 N–H and O–H groups in total. The van der Waals surface area contributed by atoms with Crippen molar-refractivity contribution in [2.45, 2.75) is 48.7 Å². The van der Waals surface area contributed by atoms with Crippen molar-refractivity contribution < 1.29 is 14.6 Å². The molecule has 1 aliphatic carbocycles. The first-order chi connectivity index (χ1) is 12.7. The molecule has 1 amide bonds. The zero-order chi connectivity index (χ0) is 18.2. The minimum atomic E-state index is -0.429. The molecule has 2 aromatic rings. The SMILES string of the molecule is O=C(Nc1ccc(CO)cc1)O[C@H]1CCCC[C@@H]1SSc1ccccn1. The molecule has 2 atom stereocenters. The minimum absolute atomic E-state index is 0.0142. The summed E-state index contributed by atoms with van der Waals surface area (Å²) in [6.45, 7) is -0.0142. The molecule has 1 fully saturated rings. The Morgan fingerprint density at radius 2 is 2.00 bits per heavy atom. The van der Waals surface area contributed by atoms with Crippen LogP contribution in [0.4, 0.5) is 10.5 Å². The predicted octanol–water partition coefficient (Wildman–Crippen LogP) is 4.87. The van der Waals surface area contributed by atoms with Gasteiger partial charge in [0.15, 0.2) is 0 Å². The number of aliphatic hydroxyl groups is 1. The Kier molecular flexibility index (Phi) is 7.22. The summed E-state index contributed by atoms with van der Waals surface area (Å²) in [6.07, 6.45) is 5.42. The highest BCUT2D eigenvalue weighted by atomic mass is 33.1. The lowest BCUT2D eigenvalue weighted by Gasteiger charge is -2.30. The summed E-state index contributed by atoms with van der Waals surface area (Å²) in [7, 11) is 3.37. The van der Waals surface area contributed by atoms with Crippen molar-refractivity contribution in [2.24, 2.45) is 0 Å². The number of aliphatic hydroxyl groups excluding tert-OH is 1. The summed E-state index contributed by atoms with van der Waals surface area (Å²) in [4.78, 5) is 16.6. The molecule has 0 radical (unpaired) electrons. The average molecular weight is 391 g/mol. The van der Waals surface area contributed by atoms with Gasteiger partial charge in [0.05, 0.1) is 11.9 Å². The van der Waals surface area contributed by atoms with Gasteiger partial charge in [-0.25, -0.2) is 9.78 Å². The third-order valence-electron chi connectivity index (χ3n) is 4.18. The van der Waals surface area contributed by atoms with Gasteiger partial charge in [0.2, 0.25) is 0 Å². The maximum Gasteiger partial charge on any atom is 0.411 e. The van der Waals surface area contributed by atoms with Crippen LogP contribution in [-0.2, 0) is 11.3 Å². The van der Waals surface area contributed by atoms with Crippen LogP contribution in [0.5, 0.6) is 0 Å². The zero-order valence-corrected chi connectivity index (χ0v) is 16.0. The van der Waals surface area contributed by atoms with Crippen LogP contribution < -0.4 is 5.32 Å². The van der Waals surface area contributed by atoms with Gasteiger partial charge in [-0.05, 0) is 59.9 Å². The van der Waals surface area contributed by atoms with E-state index in [0.29, 0.717) is 5.69 Å². The average Bonchev–Trinajstić information content (AvgIpc) is 2.68. The lowest BCUT2D eigenvalue weighted by Crippen LogP contribution is -2.33. The van der Waals surface area contributed by atoms with E-state index in [-0.39, 0.29) is 18.0 Å². The number of carbonyl (C=O) groups is 1. The van der Waals surface area contributed by atoms with Crippen LogP contribution in [-0.4, -0.2) is 27.5 Å². The van der Waals surface area contributed by atoms with Crippen molar-refractivity contribution in [3.63, 3.8) is 0 Å². The number of aromatic nitrogens is 1. The number of ether oxygens (including phenoxy) is 1. The van der Waals surface area contributed by atoms with Crippen molar-refractivity contribution in [1.29, 1.82) is 0 Å². The van der Waals surface area contributed by atoms with Crippen molar-refractivity contribution in [1.82, 2.24) is 4.98 Å². The van der Waals surface area contributed by atoms with E-state index in [4.69, 9.17) is 9.84 Å². The van der Waals surface area contributed by atoms with E-state index in [1.807, 2.05) is 18.2 Å². The summed E-state index contributed by atoms with van der Waals surface area (Å²) in [6, 6.07) is 12.9. The van der Waals surface area contributed by atoms with Crippen LogP contribution in [0.2, 0.25) is 0 Å². The fourth-order valence-corrected chi connectivity index (χ4v) is 5.45. The molecule has 5 nitrogen and oxygen atoms in total. The standard InChI is InChI=1S/C19H22N2O3S2/c22-13-14-8-10-15(11-9-14)21-19(23)24-16-5-1-2-6-17(16)25-26-18-7-3-4-12-20-18/h3-4,7-12,16-17,22H,1-2,5-6,13H2,(H,21,23)/t16-,17-/m0/s1. The molecular weight excluding hydrogens is 368 g/mol. The van der Waals surface area contributed by atoms with Gasteiger partial charge in [0.1, 0.15) is 11.1 Å². The first-order valence-corrected chi connectivity index (χ1v) is 10.9. The Hall–Kier alpha value is -1.70. The molecule has 0 spiro atoms. The monoisotopic (exact) mass is 390 g/mol. The number of anilines is 1. The number of hydrogen-bond acceptors (Lipinski definition) is 6. The van der Waals surface area contributed by atoms with Gasteiger partial charge in [0.25, 0.3) is 0 Å². The van der Waals surface area contributed by atoms with E-state index in [0.717, 1.165) is 36.3 Å². The summed E-state index contributed by atoms with van der Waals surface area (Å²) in [5.74, 6) is 0. The van der Waals surface area contributed by atoms with Crippen LogP contribution in [0.1, 0.15) is 31.2 Å². The second kappa shape index (κ2) is 9.85. The van der Waals surface area contributed by atoms with E-state index in [1.54, 1.807) is 52.1 Å². The number of benzene rings is 1. The molecule has 7 heteroatoms. The zero-order valence-electron chi connectivity index (χ0n) is 14.3. The molecule has 1 saturated carbocycles. The minimum Gasteiger partial charge on any atom is -0.445 e. The maximum atomic E-state index is 12.2. The van der Waals surface area contributed by atoms with E-state index < -0.39 is 6.09 Å². The molecular formula is C19H22N2O3S2. The fourth-order valence-electron chi connectivity index (χ4n) is 2.79. The van der Waals surface area contributed by atoms with Gasteiger partial charge >= 0.3 is 6.09 Å². The van der Waals surface area contributed by atoms with Crippen molar-refractivity contribution in [3.05, 3.63) is 54.2 Å². The van der Waals surface area contributed by atoms with Gasteiger partial charge in [-0.3, -0.25) is 5.32 Å². The smallest absolute Gasteiger partial charge is 0.411 e. The lowest BCUT2D eigenvalue weighted by atomic mass is 9.97. The topological polar surface area (TPSA) is 71.5 Å². The van der Waals surface area contributed by atoms with Gasteiger partial charge in [0, 0.05) is 11.9 Å². The van der Waals surface area contributed by atoms with Gasteiger partial charge in [-0.2, -0.15) is 0 Å². The number of hydrogen-bond donors (Lipinski definition) is 2. The summed E-state index contributed by atoms with van der Waals surface area (Å²) < 4.78 is 5.70. The molecule has 3 rings (SSSR count). The first-order valence-electron chi connectivity index (χ1n) is 8.66. The Balaban J connectivity index is 1.52. The molecule has 0 aliphatic heterocycles. The second-order valence-corrected chi connectivity index (χ2v) is 8.55. The van der Waals surface area contributed by atoms with E-state index in [1.165, 1.54) is 0 Å². The van der Waals surface area contributed by atoms with Gasteiger partial charge in [-0.15, -0.1) is 0 Å². The number of amides is 1. The van der Waals surface area contributed by atoms with Gasteiger partial charge in [-0.1, -0.05) is 35.4 Å². The molecule has 1 aromatic carbocycles. The highest BCUT2D eigenvalue weighted by molar-refractivity contribution is 8.76. The third-order valence-corrected chi connectivity index (χ3v) is 7.02. The molecule has 0 bridgehead atoms. The number of pyridine rings is 1. The molecule has 1 heterocycles. The molecule has 1 aromatic heterocycles. The maximum absolute atomic E-state index is 12.2. The van der Waals surface area contributed by atoms with Crippen LogP contribution >= 0.6 is 21.6 Å². The summed E-state index contributed by atoms with van der Waals surface area (Å²) in [5, 5.41) is 13.1. The van der Waals surface area contributed by atoms with E-state index >= 15 is 0 Å². The third kappa shape index (κ3) is 5.65. The second-order valence-electron chi connectivity index (χ2n) is 6.09. The fraction of sp³-hybridized carbons (Fsp3) is 0.368. The molecule has 138 valence electrons. The molecule has 0 saturated heterocycles. The van der Waals surface area contributed by atoms with Crippen molar-refractivity contribution in [3.8, 4) is 0 Å². The molecule has 0 unspecified atom stereocenters. The highest BCUT2D eigenvalue weighted by Crippen LogP contribution is 2.40. The molecule has 26 heavy (non-hydrogen) atoms. The number of rotatable bonds is 6. The van der Waals surface area contributed by atoms with Crippen LogP contribution in [0.15, 0.2) is 53.7 Å². The number of nitrogens with zero attached hydrogens (tertiary/aromatic N) is 1. The highest BCUT2D eigenvalue weighted by Gasteiger charge is 2.29. The summed E-state index contributed by atoms with van der Waals surface area (Å²) >= 11 is 0. The first kappa shape index (κ1) is 19.1. The van der Waals surface area contributed by atoms with Crippen LogP contribution in [0, 0.1) is 0 Å². The van der Waals surface area contributed by atoms with Crippen LogP contribution in [0.3, 0.4) is 0 Å². The lowest BCUT2D eigenvalue weighted by molar-refractivity contribution is 0.0909. The quantitative estimate of drug-likeness (QED) is 0.686. The van der Waals surface area contributed by atoms with Crippen molar-refractivity contribution in [2.75, 3.05) is 5.32 Å². The number of carbonyl (C=O) groups excluding carboxylic acids is 1. The number of nitrogens with one attached hydrogen (secondary N) is 1. The summed E-state index contributed by atoms with van der Waals surface area (Å²) in [5.41, 5.74) is 1.47.